The summed E-state index contributed by atoms with van der Waals surface area (Å²) < 4.78 is 0. The molecule has 3 heteroatoms. The van der Waals surface area contributed by atoms with Crippen LogP contribution in [0.25, 0.3) is 0 Å². The first-order valence-electron chi connectivity index (χ1n) is 19.9. The van der Waals surface area contributed by atoms with Crippen LogP contribution in [0, 0.1) is 21.7 Å². The SMILES string of the molecule is CC.CC.CC.CC(C)(C)C.CC(C)(C)C.CC(C)(C)C.CC(C)(C)C.CC(C)(C)c1ccccc1.CC(C)(C)c1ccccn1.c1cncnc1. The van der Waals surface area contributed by atoms with Gasteiger partial charge in [-0.05, 0) is 50.8 Å². The third kappa shape index (κ3) is 104. The molecule has 2 heterocycles. The molecule has 0 saturated carbocycles. The highest BCUT2D eigenvalue weighted by Crippen LogP contribution is 2.21. The summed E-state index contributed by atoms with van der Waals surface area (Å²) in [5.74, 6) is 0. The van der Waals surface area contributed by atoms with Crippen molar-refractivity contribution in [3.05, 3.63) is 90.8 Å². The average Bonchev–Trinajstić information content (AvgIpc) is 2.99. The number of benzene rings is 1. The van der Waals surface area contributed by atoms with Crippen molar-refractivity contribution in [2.45, 2.75) is 205 Å². The van der Waals surface area contributed by atoms with E-state index in [0.717, 1.165) is 5.69 Å². The Kier molecular flexibility index (Phi) is 43.9. The highest BCUT2D eigenvalue weighted by Gasteiger charge is 2.13. The maximum Gasteiger partial charge on any atom is 0.115 e. The summed E-state index contributed by atoms with van der Waals surface area (Å²) in [7, 11) is 0. The Bertz CT molecular complexity index is 884. The van der Waals surface area contributed by atoms with Crippen LogP contribution in [-0.4, -0.2) is 15.0 Å². The molecule has 0 aliphatic rings. The van der Waals surface area contributed by atoms with Crippen LogP contribution in [-0.2, 0) is 10.8 Å². The molecule has 0 radical (unpaired) electrons. The van der Waals surface area contributed by atoms with Crippen LogP contribution in [0.2, 0.25) is 0 Å². The van der Waals surface area contributed by atoms with Gasteiger partial charge in [-0.25, -0.2) is 9.97 Å². The van der Waals surface area contributed by atoms with Crippen molar-refractivity contribution in [1.29, 1.82) is 0 Å². The average molecular weight is 728 g/mol. The smallest absolute Gasteiger partial charge is 0.115 e. The quantitative estimate of drug-likeness (QED) is 0.231. The maximum absolute atomic E-state index is 4.25. The third-order valence-electron chi connectivity index (χ3n) is 3.55. The molecule has 0 atom stereocenters. The van der Waals surface area contributed by atoms with Crippen molar-refractivity contribution >= 4 is 0 Å². The Labute approximate surface area is 331 Å². The van der Waals surface area contributed by atoms with Crippen LogP contribution in [0.4, 0.5) is 0 Å². The molecule has 0 saturated heterocycles. The second kappa shape index (κ2) is 35.5. The summed E-state index contributed by atoms with van der Waals surface area (Å²) in [6, 6.07) is 18.3. The lowest BCUT2D eigenvalue weighted by Gasteiger charge is -2.18. The molecule has 2 aromatic heterocycles. The molecule has 3 aromatic rings. The van der Waals surface area contributed by atoms with Gasteiger partial charge in [0.25, 0.3) is 0 Å². The van der Waals surface area contributed by atoms with Gasteiger partial charge >= 0.3 is 0 Å². The lowest BCUT2D eigenvalue weighted by atomic mass is 9.87. The second-order valence-electron chi connectivity index (χ2n) is 20.0. The van der Waals surface area contributed by atoms with Gasteiger partial charge in [-0.15, -0.1) is 0 Å². The highest BCUT2D eigenvalue weighted by atomic mass is 14.8. The van der Waals surface area contributed by atoms with Gasteiger partial charge < -0.3 is 0 Å². The Morgan fingerprint density at radius 1 is 0.327 bits per heavy atom. The van der Waals surface area contributed by atoms with Gasteiger partial charge in [-0.3, -0.25) is 4.98 Å². The second-order valence-corrected chi connectivity index (χ2v) is 20.0. The zero-order valence-electron chi connectivity index (χ0n) is 40.8. The molecule has 1 aromatic carbocycles. The summed E-state index contributed by atoms with van der Waals surface area (Å²) in [5.41, 5.74) is 5.02. The minimum absolute atomic E-state index is 0.182. The fourth-order valence-electron chi connectivity index (χ4n) is 2.00. The molecule has 0 aliphatic heterocycles. The van der Waals surface area contributed by atoms with Crippen LogP contribution in [0.5, 0.6) is 0 Å². The largest absolute Gasteiger partial charge is 0.261 e. The summed E-state index contributed by atoms with van der Waals surface area (Å²) >= 11 is 0. The topological polar surface area (TPSA) is 38.7 Å². The molecular weight excluding hydrogens is 631 g/mol. The molecule has 0 unspecified atom stereocenters. The van der Waals surface area contributed by atoms with Crippen LogP contribution in [0.1, 0.15) is 205 Å². The number of pyridine rings is 1. The van der Waals surface area contributed by atoms with Gasteiger partial charge in [0.05, 0.1) is 0 Å². The van der Waals surface area contributed by atoms with Crippen molar-refractivity contribution in [1.82, 2.24) is 15.0 Å². The number of hydrogen-bond acceptors (Lipinski definition) is 3. The van der Waals surface area contributed by atoms with Gasteiger partial charge in [-0.1, -0.05) is 230 Å². The van der Waals surface area contributed by atoms with E-state index in [1.54, 1.807) is 18.5 Å². The van der Waals surface area contributed by atoms with Crippen molar-refractivity contribution in [2.75, 3.05) is 0 Å². The van der Waals surface area contributed by atoms with E-state index in [1.807, 2.05) is 59.9 Å². The molecule has 0 fully saturated rings. The van der Waals surface area contributed by atoms with Gasteiger partial charge in [0.1, 0.15) is 6.33 Å². The zero-order chi connectivity index (χ0) is 43.5. The van der Waals surface area contributed by atoms with E-state index in [2.05, 4.69) is 204 Å². The molecule has 52 heavy (non-hydrogen) atoms. The van der Waals surface area contributed by atoms with Crippen LogP contribution in [0.15, 0.2) is 79.5 Å². The third-order valence-corrected chi connectivity index (χ3v) is 3.55. The Morgan fingerprint density at radius 2 is 0.615 bits per heavy atom. The molecule has 0 spiro atoms. The van der Waals surface area contributed by atoms with E-state index in [0.29, 0.717) is 27.1 Å². The molecule has 0 bridgehead atoms. The fraction of sp³-hybridized carbons (Fsp3) is 0.694. The van der Waals surface area contributed by atoms with Crippen molar-refractivity contribution in [2.24, 2.45) is 21.7 Å². The molecule has 0 aliphatic carbocycles. The molecular formula is C49H97N3. The standard InChI is InChI=1S/C10H14.C9H13N.4C5H12.C4H4N2.3C2H6/c1-10(2,3)9-7-5-4-6-8-9;1-9(2,3)8-6-4-5-7-10-8;4*1-5(2,3)4;1-2-5-4-6-3-1;3*1-2/h4-8H,1-3H3;4-7H,1-3H3;4*1-4H3;1-4H;3*1-2H3. The van der Waals surface area contributed by atoms with Crippen molar-refractivity contribution in [3.8, 4) is 0 Å². The normalized spacial score (nSPS) is 10.3. The predicted octanol–water partition coefficient (Wildman–Crippen LogP) is 17.1. The lowest BCUT2D eigenvalue weighted by Crippen LogP contribution is -2.12. The number of rotatable bonds is 0. The van der Waals surface area contributed by atoms with Crippen molar-refractivity contribution < 1.29 is 0 Å². The number of hydrogen-bond donors (Lipinski definition) is 0. The first-order chi connectivity index (χ1) is 23.2. The van der Waals surface area contributed by atoms with Gasteiger partial charge in [0, 0.05) is 29.7 Å². The summed E-state index contributed by atoms with van der Waals surface area (Å²) in [5, 5.41) is 0. The highest BCUT2D eigenvalue weighted by molar-refractivity contribution is 5.22. The molecule has 3 nitrogen and oxygen atoms in total. The Balaban J connectivity index is -0.0000000906. The van der Waals surface area contributed by atoms with E-state index < -0.39 is 0 Å². The summed E-state index contributed by atoms with van der Waals surface area (Å²) in [6.07, 6.45) is 6.71. The monoisotopic (exact) mass is 728 g/mol. The van der Waals surface area contributed by atoms with Gasteiger partial charge in [0.2, 0.25) is 0 Å². The molecule has 0 amide bonds. The minimum atomic E-state index is 0.182. The molecule has 0 N–H and O–H groups in total. The number of aromatic nitrogens is 3. The Hall–Kier alpha value is -2.55. The first-order valence-corrected chi connectivity index (χ1v) is 19.9. The van der Waals surface area contributed by atoms with Crippen molar-refractivity contribution in [3.63, 3.8) is 0 Å². The number of nitrogens with zero attached hydrogens (tertiary/aromatic N) is 3. The van der Waals surface area contributed by atoms with Gasteiger partial charge in [-0.2, -0.15) is 0 Å². The van der Waals surface area contributed by atoms with E-state index >= 15 is 0 Å². The summed E-state index contributed by atoms with van der Waals surface area (Å²) in [4.78, 5) is 11.6. The lowest BCUT2D eigenvalue weighted by molar-refractivity contribution is 0.469. The van der Waals surface area contributed by atoms with Crippen LogP contribution in [0.3, 0.4) is 0 Å². The first kappa shape index (κ1) is 64.4. The van der Waals surface area contributed by atoms with Crippen LogP contribution >= 0.6 is 0 Å². The van der Waals surface area contributed by atoms with E-state index in [1.165, 1.54) is 11.9 Å². The molecule has 3 rings (SSSR count). The summed E-state index contributed by atoms with van der Waals surface area (Å²) in [6.45, 7) is 60.2. The van der Waals surface area contributed by atoms with E-state index in [9.17, 15) is 0 Å². The van der Waals surface area contributed by atoms with Gasteiger partial charge in [0.15, 0.2) is 0 Å². The van der Waals surface area contributed by atoms with E-state index in [4.69, 9.17) is 0 Å². The fourth-order valence-corrected chi connectivity index (χ4v) is 2.00. The molecule has 308 valence electrons. The Morgan fingerprint density at radius 3 is 0.750 bits per heavy atom. The van der Waals surface area contributed by atoms with Crippen LogP contribution < -0.4 is 0 Å². The predicted molar refractivity (Wildman–Crippen MR) is 245 cm³/mol. The maximum atomic E-state index is 4.25. The van der Waals surface area contributed by atoms with E-state index in [-0.39, 0.29) is 5.41 Å². The zero-order valence-corrected chi connectivity index (χ0v) is 40.8. The minimum Gasteiger partial charge on any atom is -0.261 e.